The van der Waals surface area contributed by atoms with Gasteiger partial charge in [-0.3, -0.25) is 14.5 Å². The second kappa shape index (κ2) is 6.50. The second-order valence-corrected chi connectivity index (χ2v) is 9.06. The summed E-state index contributed by atoms with van der Waals surface area (Å²) >= 11 is 1.02. The minimum Gasteiger partial charge on any atom is -0.273 e. The van der Waals surface area contributed by atoms with Gasteiger partial charge in [-0.2, -0.15) is 4.31 Å². The number of imide groups is 1. The molecule has 0 aliphatic carbocycles. The first kappa shape index (κ1) is 17.4. The van der Waals surface area contributed by atoms with Crippen molar-refractivity contribution in [3.8, 4) is 0 Å². The van der Waals surface area contributed by atoms with E-state index in [1.54, 1.807) is 13.0 Å². The van der Waals surface area contributed by atoms with Gasteiger partial charge in [-0.15, -0.1) is 0 Å². The number of piperidine rings is 1. The van der Waals surface area contributed by atoms with E-state index in [2.05, 4.69) is 0 Å². The van der Waals surface area contributed by atoms with Crippen LogP contribution >= 0.6 is 11.8 Å². The number of nitrogens with zero attached hydrogens (tertiary/aromatic N) is 2. The molecule has 0 bridgehead atoms. The van der Waals surface area contributed by atoms with Crippen LogP contribution in [-0.4, -0.2) is 53.7 Å². The van der Waals surface area contributed by atoms with Crippen LogP contribution in [0.1, 0.15) is 24.0 Å². The maximum atomic E-state index is 12.9. The van der Waals surface area contributed by atoms with E-state index in [-0.39, 0.29) is 22.9 Å². The molecule has 2 fully saturated rings. The van der Waals surface area contributed by atoms with Gasteiger partial charge >= 0.3 is 0 Å². The molecule has 6 nitrogen and oxygen atoms in total. The molecule has 2 saturated heterocycles. The van der Waals surface area contributed by atoms with Crippen LogP contribution < -0.4 is 0 Å². The van der Waals surface area contributed by atoms with Crippen LogP contribution in [0.5, 0.6) is 0 Å². The summed E-state index contributed by atoms with van der Waals surface area (Å²) in [6, 6.07) is 5.21. The van der Waals surface area contributed by atoms with Gasteiger partial charge in [-0.1, -0.05) is 23.9 Å². The van der Waals surface area contributed by atoms with Gasteiger partial charge in [0.05, 0.1) is 10.6 Å². The summed E-state index contributed by atoms with van der Waals surface area (Å²) in [5.41, 5.74) is 1.63. The van der Waals surface area contributed by atoms with Crippen molar-refractivity contribution < 1.29 is 18.0 Å². The highest BCUT2D eigenvalue weighted by Crippen LogP contribution is 2.29. The summed E-state index contributed by atoms with van der Waals surface area (Å²) in [5.74, 6) is 0.0284. The zero-order valence-corrected chi connectivity index (χ0v) is 15.3. The Kier molecular flexibility index (Phi) is 4.72. The fourth-order valence-electron chi connectivity index (χ4n) is 3.18. The smallest absolute Gasteiger partial charge is 0.273 e. The molecule has 1 aromatic carbocycles. The van der Waals surface area contributed by atoms with E-state index >= 15 is 0 Å². The van der Waals surface area contributed by atoms with Crippen LogP contribution in [-0.2, 0) is 14.8 Å². The molecule has 24 heavy (non-hydrogen) atoms. The Hall–Kier alpha value is -1.38. The SMILES string of the molecule is Cc1ccc(C)c(S(=O)(=O)N2CCC(N3C(=O)CSC3=O)CC2)c1. The number of benzene rings is 1. The van der Waals surface area contributed by atoms with Gasteiger partial charge in [-0.25, -0.2) is 8.42 Å². The normalized spacial score (nSPS) is 20.8. The summed E-state index contributed by atoms with van der Waals surface area (Å²) in [4.78, 5) is 25.3. The number of carbonyl (C=O) groups excluding carboxylic acids is 2. The maximum Gasteiger partial charge on any atom is 0.289 e. The van der Waals surface area contributed by atoms with Gasteiger partial charge in [0.25, 0.3) is 5.24 Å². The van der Waals surface area contributed by atoms with Crippen molar-refractivity contribution in [2.24, 2.45) is 0 Å². The summed E-state index contributed by atoms with van der Waals surface area (Å²) in [6.07, 6.45) is 0.976. The van der Waals surface area contributed by atoms with Crippen molar-refractivity contribution in [3.05, 3.63) is 29.3 Å². The quantitative estimate of drug-likeness (QED) is 0.817. The number of thioether (sulfide) groups is 1. The standard InChI is InChI=1S/C16H20N2O4S2/c1-11-3-4-12(2)14(9-11)24(21,22)17-7-5-13(6-8-17)18-15(19)10-23-16(18)20/h3-4,9,13H,5-8,10H2,1-2H3. The van der Waals surface area contributed by atoms with Crippen molar-refractivity contribution in [2.45, 2.75) is 37.6 Å². The Bertz CT molecular complexity index is 767. The lowest BCUT2D eigenvalue weighted by Crippen LogP contribution is -2.48. The third-order valence-electron chi connectivity index (χ3n) is 4.53. The lowest BCUT2D eigenvalue weighted by Gasteiger charge is -2.35. The van der Waals surface area contributed by atoms with Crippen molar-refractivity contribution in [1.29, 1.82) is 0 Å². The predicted octanol–water partition coefficient (Wildman–Crippen LogP) is 2.15. The first-order valence-corrected chi connectivity index (χ1v) is 10.3. The molecule has 0 aromatic heterocycles. The van der Waals surface area contributed by atoms with E-state index in [0.29, 0.717) is 30.8 Å². The monoisotopic (exact) mass is 368 g/mol. The number of aryl methyl sites for hydroxylation is 2. The van der Waals surface area contributed by atoms with Gasteiger partial charge in [0.2, 0.25) is 15.9 Å². The van der Waals surface area contributed by atoms with Gasteiger partial charge in [0.15, 0.2) is 0 Å². The minimum absolute atomic E-state index is 0.166. The molecule has 0 N–H and O–H groups in total. The average Bonchev–Trinajstić information content (AvgIpc) is 2.88. The molecule has 8 heteroatoms. The fraction of sp³-hybridized carbons (Fsp3) is 0.500. The van der Waals surface area contributed by atoms with Crippen LogP contribution in [0, 0.1) is 13.8 Å². The third-order valence-corrected chi connectivity index (χ3v) is 7.41. The molecule has 1 aromatic rings. The Morgan fingerprint density at radius 3 is 2.38 bits per heavy atom. The van der Waals surface area contributed by atoms with Crippen LogP contribution in [0.25, 0.3) is 0 Å². The number of carbonyl (C=O) groups is 2. The van der Waals surface area contributed by atoms with Gasteiger partial charge in [-0.05, 0) is 43.9 Å². The van der Waals surface area contributed by atoms with Crippen molar-refractivity contribution in [3.63, 3.8) is 0 Å². The highest BCUT2D eigenvalue weighted by molar-refractivity contribution is 8.14. The Labute approximate surface area is 146 Å². The molecule has 0 atom stereocenters. The average molecular weight is 368 g/mol. The molecule has 2 amide bonds. The van der Waals surface area contributed by atoms with Crippen LogP contribution in [0.4, 0.5) is 4.79 Å². The largest absolute Gasteiger partial charge is 0.289 e. The number of hydrogen-bond acceptors (Lipinski definition) is 5. The minimum atomic E-state index is -3.55. The molecule has 2 aliphatic rings. The van der Waals surface area contributed by atoms with Crippen molar-refractivity contribution in [1.82, 2.24) is 9.21 Å². The zero-order chi connectivity index (χ0) is 17.5. The van der Waals surface area contributed by atoms with Crippen LogP contribution in [0.2, 0.25) is 0 Å². The van der Waals surface area contributed by atoms with E-state index in [4.69, 9.17) is 0 Å². The van der Waals surface area contributed by atoms with E-state index in [1.165, 1.54) is 9.21 Å². The summed E-state index contributed by atoms with van der Waals surface area (Å²) in [6.45, 7) is 4.30. The molecule has 130 valence electrons. The molecule has 0 unspecified atom stereocenters. The number of rotatable bonds is 3. The Morgan fingerprint density at radius 2 is 1.79 bits per heavy atom. The van der Waals surface area contributed by atoms with Crippen LogP contribution in [0.15, 0.2) is 23.1 Å². The molecule has 2 aliphatic heterocycles. The third kappa shape index (κ3) is 3.10. The zero-order valence-electron chi connectivity index (χ0n) is 13.7. The fourth-order valence-corrected chi connectivity index (χ4v) is 5.74. The highest BCUT2D eigenvalue weighted by atomic mass is 32.2. The predicted molar refractivity (Wildman–Crippen MR) is 92.4 cm³/mol. The van der Waals surface area contributed by atoms with E-state index in [0.717, 1.165) is 22.9 Å². The summed E-state index contributed by atoms with van der Waals surface area (Å²) in [5, 5.41) is -0.212. The lowest BCUT2D eigenvalue weighted by molar-refractivity contribution is -0.126. The summed E-state index contributed by atoms with van der Waals surface area (Å²) < 4.78 is 27.2. The Morgan fingerprint density at radius 1 is 1.12 bits per heavy atom. The topological polar surface area (TPSA) is 74.8 Å². The van der Waals surface area contributed by atoms with Crippen LogP contribution in [0.3, 0.4) is 0 Å². The number of hydrogen-bond donors (Lipinski definition) is 0. The first-order chi connectivity index (χ1) is 11.3. The van der Waals surface area contributed by atoms with E-state index < -0.39 is 10.0 Å². The summed E-state index contributed by atoms with van der Waals surface area (Å²) in [7, 11) is -3.55. The second-order valence-electron chi connectivity index (χ2n) is 6.22. The molecule has 0 spiro atoms. The van der Waals surface area contributed by atoms with E-state index in [9.17, 15) is 18.0 Å². The lowest BCUT2D eigenvalue weighted by atomic mass is 10.1. The molecule has 3 rings (SSSR count). The van der Waals surface area contributed by atoms with Crippen molar-refractivity contribution in [2.75, 3.05) is 18.8 Å². The molecule has 0 radical (unpaired) electrons. The number of sulfonamides is 1. The number of amides is 2. The molecular formula is C16H20N2O4S2. The van der Waals surface area contributed by atoms with Crippen molar-refractivity contribution >= 4 is 32.9 Å². The van der Waals surface area contributed by atoms with E-state index in [1.807, 2.05) is 19.1 Å². The highest BCUT2D eigenvalue weighted by Gasteiger charge is 2.39. The van der Waals surface area contributed by atoms with Gasteiger partial charge in [0, 0.05) is 19.1 Å². The molecular weight excluding hydrogens is 348 g/mol. The maximum absolute atomic E-state index is 12.9. The van der Waals surface area contributed by atoms with Gasteiger partial charge < -0.3 is 0 Å². The Balaban J connectivity index is 1.75. The molecule has 2 heterocycles. The molecule has 0 saturated carbocycles. The first-order valence-electron chi connectivity index (χ1n) is 7.87. The van der Waals surface area contributed by atoms with Gasteiger partial charge in [0.1, 0.15) is 0 Å².